The van der Waals surface area contributed by atoms with Crippen LogP contribution in [0.1, 0.15) is 36.0 Å². The van der Waals surface area contributed by atoms with Crippen molar-refractivity contribution in [3.8, 4) is 11.8 Å². The van der Waals surface area contributed by atoms with Crippen molar-refractivity contribution in [1.82, 2.24) is 5.43 Å². The van der Waals surface area contributed by atoms with Crippen LogP contribution in [0.4, 0.5) is 5.69 Å². The molecular weight excluding hydrogens is 437 g/mol. The first-order valence-corrected chi connectivity index (χ1v) is 10.5. The lowest BCUT2D eigenvalue weighted by atomic mass is 9.81. The van der Waals surface area contributed by atoms with Gasteiger partial charge in [0.2, 0.25) is 5.91 Å². The molecule has 0 saturated carbocycles. The highest BCUT2D eigenvalue weighted by atomic mass is 35.5. The number of carbonyl (C=O) groups excluding carboxylic acids is 2. The molecule has 0 saturated heterocycles. The van der Waals surface area contributed by atoms with Crippen molar-refractivity contribution < 1.29 is 14.3 Å². The van der Waals surface area contributed by atoms with E-state index in [9.17, 15) is 9.59 Å². The van der Waals surface area contributed by atoms with Crippen LogP contribution in [-0.4, -0.2) is 31.6 Å². The molecule has 2 atom stereocenters. The fourth-order valence-electron chi connectivity index (χ4n) is 3.78. The second-order valence-electron chi connectivity index (χ2n) is 7.16. The SMILES string of the molecule is COC(=O)[C@H]1C[C@H](c2ccc(CC#CCN)cc2)c2c(Cl)cc(Cl)cc2N1NC(C)=O. The number of halogens is 2. The number of ether oxygens (including phenoxy) is 1. The first-order valence-electron chi connectivity index (χ1n) is 9.73. The first kappa shape index (κ1) is 23.0. The lowest BCUT2D eigenvalue weighted by molar-refractivity contribution is -0.142. The van der Waals surface area contributed by atoms with E-state index in [1.54, 1.807) is 12.1 Å². The van der Waals surface area contributed by atoms with E-state index in [2.05, 4.69) is 17.3 Å². The molecule has 0 bridgehead atoms. The molecule has 1 heterocycles. The van der Waals surface area contributed by atoms with Crippen LogP contribution < -0.4 is 16.2 Å². The van der Waals surface area contributed by atoms with E-state index >= 15 is 0 Å². The molecule has 8 heteroatoms. The summed E-state index contributed by atoms with van der Waals surface area (Å²) in [5.74, 6) is 4.89. The standard InChI is InChI=1S/C23H23Cl2N3O3/c1-14(29)27-28-20-12-17(24)11-19(25)22(20)18(13-21(28)23(30)31-2)16-8-6-15(7-9-16)5-3-4-10-26/h6-9,11-12,18,21H,5,10,13,26H2,1-2H3,(H,27,29)/t18-,21-/m1/s1. The summed E-state index contributed by atoms with van der Waals surface area (Å²) in [4.78, 5) is 24.5. The molecule has 0 aromatic heterocycles. The number of nitrogens with two attached hydrogens (primary N) is 1. The second kappa shape index (κ2) is 10.1. The molecule has 0 fully saturated rings. The Balaban J connectivity index is 2.08. The maximum atomic E-state index is 12.6. The Hall–Kier alpha value is -2.72. The van der Waals surface area contributed by atoms with E-state index in [4.69, 9.17) is 33.7 Å². The Morgan fingerprint density at radius 2 is 1.94 bits per heavy atom. The van der Waals surface area contributed by atoms with E-state index in [0.717, 1.165) is 16.7 Å². The number of hydrazine groups is 1. The summed E-state index contributed by atoms with van der Waals surface area (Å²) >= 11 is 12.9. The summed E-state index contributed by atoms with van der Waals surface area (Å²) in [6, 6.07) is 10.6. The van der Waals surface area contributed by atoms with Gasteiger partial charge < -0.3 is 10.5 Å². The molecule has 3 N–H and O–H groups in total. The van der Waals surface area contributed by atoms with Gasteiger partial charge in [0.25, 0.3) is 0 Å². The summed E-state index contributed by atoms with van der Waals surface area (Å²) in [5, 5.41) is 2.36. The highest BCUT2D eigenvalue weighted by Gasteiger charge is 2.40. The number of nitrogens with zero attached hydrogens (tertiary/aromatic N) is 1. The van der Waals surface area contributed by atoms with Gasteiger partial charge in [0.05, 0.1) is 19.3 Å². The van der Waals surface area contributed by atoms with Crippen LogP contribution in [0.25, 0.3) is 0 Å². The first-order chi connectivity index (χ1) is 14.8. The lowest BCUT2D eigenvalue weighted by Gasteiger charge is -2.41. The molecule has 31 heavy (non-hydrogen) atoms. The maximum Gasteiger partial charge on any atom is 0.330 e. The fourth-order valence-corrected chi connectivity index (χ4v) is 4.40. The molecule has 0 unspecified atom stereocenters. The number of fused-ring (bicyclic) bond motifs is 1. The molecule has 2 aromatic rings. The number of amides is 1. The Kier molecular flexibility index (Phi) is 7.45. The molecular formula is C23H23Cl2N3O3. The molecule has 1 aliphatic heterocycles. The van der Waals surface area contributed by atoms with Crippen molar-refractivity contribution in [3.63, 3.8) is 0 Å². The number of nitrogens with one attached hydrogen (secondary N) is 1. The van der Waals surface area contributed by atoms with Crippen LogP contribution in [0.2, 0.25) is 10.0 Å². The zero-order valence-electron chi connectivity index (χ0n) is 17.2. The highest BCUT2D eigenvalue weighted by molar-refractivity contribution is 6.35. The number of carbonyl (C=O) groups is 2. The van der Waals surface area contributed by atoms with Crippen molar-refractivity contribution in [3.05, 3.63) is 63.1 Å². The zero-order chi connectivity index (χ0) is 22.5. The summed E-state index contributed by atoms with van der Waals surface area (Å²) < 4.78 is 5.01. The molecule has 0 aliphatic carbocycles. The van der Waals surface area contributed by atoms with Gasteiger partial charge in [-0.3, -0.25) is 15.2 Å². The quantitative estimate of drug-likeness (QED) is 0.540. The minimum atomic E-state index is -0.740. The smallest absolute Gasteiger partial charge is 0.330 e. The fraction of sp³-hybridized carbons (Fsp3) is 0.304. The Morgan fingerprint density at radius 1 is 1.23 bits per heavy atom. The van der Waals surface area contributed by atoms with Crippen molar-refractivity contribution >= 4 is 40.8 Å². The minimum absolute atomic E-state index is 0.196. The minimum Gasteiger partial charge on any atom is -0.467 e. The number of anilines is 1. The topological polar surface area (TPSA) is 84.7 Å². The monoisotopic (exact) mass is 459 g/mol. The molecule has 2 aromatic carbocycles. The highest BCUT2D eigenvalue weighted by Crippen LogP contribution is 2.46. The van der Waals surface area contributed by atoms with Crippen molar-refractivity contribution in [1.29, 1.82) is 0 Å². The number of rotatable bonds is 4. The average Bonchev–Trinajstić information content (AvgIpc) is 2.74. The van der Waals surface area contributed by atoms with Crippen LogP contribution in [-0.2, 0) is 20.7 Å². The zero-order valence-corrected chi connectivity index (χ0v) is 18.8. The predicted octanol–water partition coefficient (Wildman–Crippen LogP) is 3.43. The summed E-state index contributed by atoms with van der Waals surface area (Å²) in [5.41, 5.74) is 11.5. The summed E-state index contributed by atoms with van der Waals surface area (Å²) in [7, 11) is 1.32. The number of benzene rings is 2. The third-order valence-corrected chi connectivity index (χ3v) is 5.63. The average molecular weight is 460 g/mol. The van der Waals surface area contributed by atoms with Gasteiger partial charge in [0.1, 0.15) is 6.04 Å². The molecule has 1 amide bonds. The third-order valence-electron chi connectivity index (χ3n) is 5.10. The molecule has 162 valence electrons. The van der Waals surface area contributed by atoms with Crippen molar-refractivity contribution in [2.45, 2.75) is 31.7 Å². The third kappa shape index (κ3) is 5.13. The molecule has 3 rings (SSSR count). The Morgan fingerprint density at radius 3 is 2.55 bits per heavy atom. The molecule has 1 aliphatic rings. The van der Waals surface area contributed by atoms with Gasteiger partial charge >= 0.3 is 5.97 Å². The van der Waals surface area contributed by atoms with Gasteiger partial charge in [-0.25, -0.2) is 4.79 Å². The van der Waals surface area contributed by atoms with E-state index in [1.165, 1.54) is 19.0 Å². The van der Waals surface area contributed by atoms with E-state index in [-0.39, 0.29) is 11.8 Å². The van der Waals surface area contributed by atoms with Gasteiger partial charge in [-0.2, -0.15) is 0 Å². The predicted molar refractivity (Wildman–Crippen MR) is 122 cm³/mol. The Labute approximate surface area is 191 Å². The number of esters is 1. The van der Waals surface area contributed by atoms with Gasteiger partial charge in [0, 0.05) is 34.9 Å². The Bertz CT molecular complexity index is 1040. The summed E-state index contributed by atoms with van der Waals surface area (Å²) in [6.45, 7) is 1.70. The number of hydrogen-bond acceptors (Lipinski definition) is 5. The number of methoxy groups -OCH3 is 1. The van der Waals surface area contributed by atoms with Crippen LogP contribution in [0, 0.1) is 11.8 Å². The van der Waals surface area contributed by atoms with Gasteiger partial charge in [-0.15, -0.1) is 0 Å². The normalized spacial score (nSPS) is 17.3. The van der Waals surface area contributed by atoms with E-state index in [0.29, 0.717) is 35.1 Å². The maximum absolute atomic E-state index is 12.6. The molecule has 0 radical (unpaired) electrons. The van der Waals surface area contributed by atoms with Gasteiger partial charge in [0.15, 0.2) is 0 Å². The number of hydrogen-bond donors (Lipinski definition) is 2. The lowest BCUT2D eigenvalue weighted by Crippen LogP contribution is -2.55. The second-order valence-corrected chi connectivity index (χ2v) is 8.01. The van der Waals surface area contributed by atoms with Crippen LogP contribution in [0.5, 0.6) is 0 Å². The van der Waals surface area contributed by atoms with Crippen LogP contribution in [0.15, 0.2) is 36.4 Å². The van der Waals surface area contributed by atoms with Crippen LogP contribution in [0.3, 0.4) is 0 Å². The van der Waals surface area contributed by atoms with Crippen molar-refractivity contribution in [2.75, 3.05) is 18.7 Å². The van der Waals surface area contributed by atoms with Gasteiger partial charge in [-0.05, 0) is 29.7 Å². The van der Waals surface area contributed by atoms with E-state index < -0.39 is 12.0 Å². The van der Waals surface area contributed by atoms with Gasteiger partial charge in [-0.1, -0.05) is 59.3 Å². The molecule has 0 spiro atoms. The van der Waals surface area contributed by atoms with Crippen molar-refractivity contribution in [2.24, 2.45) is 5.73 Å². The summed E-state index contributed by atoms with van der Waals surface area (Å²) in [6.07, 6.45) is 0.976. The van der Waals surface area contributed by atoms with E-state index in [1.807, 2.05) is 24.3 Å². The largest absolute Gasteiger partial charge is 0.467 e. The van der Waals surface area contributed by atoms with Crippen LogP contribution >= 0.6 is 23.2 Å². The molecule has 6 nitrogen and oxygen atoms in total.